The van der Waals surface area contributed by atoms with Crippen LogP contribution in [0.5, 0.6) is 0 Å². The van der Waals surface area contributed by atoms with Crippen LogP contribution in [0.25, 0.3) is 0 Å². The van der Waals surface area contributed by atoms with E-state index in [9.17, 15) is 18.4 Å². The van der Waals surface area contributed by atoms with Crippen molar-refractivity contribution in [1.82, 2.24) is 15.5 Å². The second-order valence-corrected chi connectivity index (χ2v) is 6.82. The molecule has 4 rings (SSSR count). The molecule has 1 aromatic heterocycles. The van der Waals surface area contributed by atoms with E-state index in [1.807, 2.05) is 0 Å². The molecule has 1 aromatic carbocycles. The van der Waals surface area contributed by atoms with Gasteiger partial charge in [0.15, 0.2) is 0 Å². The number of aromatic amines is 1. The first-order valence-electron chi connectivity index (χ1n) is 8.58. The van der Waals surface area contributed by atoms with Crippen molar-refractivity contribution in [2.24, 2.45) is 5.92 Å². The monoisotopic (exact) mass is 360 g/mol. The molecule has 6 nitrogen and oxygen atoms in total. The van der Waals surface area contributed by atoms with Crippen LogP contribution in [0.2, 0.25) is 0 Å². The number of aromatic nitrogens is 2. The minimum atomic E-state index is -0.806. The molecule has 2 atom stereocenters. The zero-order valence-electron chi connectivity index (χ0n) is 14.0. The van der Waals surface area contributed by atoms with E-state index in [-0.39, 0.29) is 36.5 Å². The average molecular weight is 360 g/mol. The molecule has 136 valence electrons. The summed E-state index contributed by atoms with van der Waals surface area (Å²) in [5.41, 5.74) is 2.20. The van der Waals surface area contributed by atoms with Crippen LogP contribution in [0.3, 0.4) is 0 Å². The van der Waals surface area contributed by atoms with Crippen LogP contribution < -0.4 is 10.2 Å². The molecular formula is C18H18F2N4O2. The number of anilines is 1. The quantitative estimate of drug-likeness (QED) is 0.875. The number of hydrogen-bond donors (Lipinski definition) is 2. The number of nitrogens with zero attached hydrogens (tertiary/aromatic N) is 2. The number of amides is 2. The van der Waals surface area contributed by atoms with Gasteiger partial charge in [-0.25, -0.2) is 8.78 Å². The van der Waals surface area contributed by atoms with Crippen LogP contribution in [-0.2, 0) is 22.4 Å². The highest BCUT2D eigenvalue weighted by molar-refractivity contribution is 6.00. The number of halogens is 2. The third kappa shape index (κ3) is 3.07. The minimum Gasteiger partial charge on any atom is -0.353 e. The Balaban J connectivity index is 1.41. The van der Waals surface area contributed by atoms with E-state index in [1.165, 1.54) is 11.0 Å². The van der Waals surface area contributed by atoms with Gasteiger partial charge < -0.3 is 10.2 Å². The summed E-state index contributed by atoms with van der Waals surface area (Å²) in [5.74, 6) is -2.60. The van der Waals surface area contributed by atoms with Crippen molar-refractivity contribution in [3.05, 3.63) is 47.3 Å². The Morgan fingerprint density at radius 2 is 2.15 bits per heavy atom. The first-order valence-corrected chi connectivity index (χ1v) is 8.58. The van der Waals surface area contributed by atoms with Crippen LogP contribution in [0.4, 0.5) is 14.5 Å². The Labute approximate surface area is 148 Å². The molecule has 26 heavy (non-hydrogen) atoms. The highest BCUT2D eigenvalue weighted by Crippen LogP contribution is 2.28. The molecule has 2 heterocycles. The van der Waals surface area contributed by atoms with Crippen molar-refractivity contribution < 1.29 is 18.4 Å². The van der Waals surface area contributed by atoms with E-state index >= 15 is 0 Å². The van der Waals surface area contributed by atoms with Gasteiger partial charge in [0, 0.05) is 30.8 Å². The van der Waals surface area contributed by atoms with Crippen molar-refractivity contribution in [1.29, 1.82) is 0 Å². The molecule has 0 radical (unpaired) electrons. The van der Waals surface area contributed by atoms with E-state index < -0.39 is 17.6 Å². The molecule has 2 unspecified atom stereocenters. The first kappa shape index (κ1) is 16.7. The Morgan fingerprint density at radius 1 is 1.31 bits per heavy atom. The number of carbonyl (C=O) groups excluding carboxylic acids is 2. The lowest BCUT2D eigenvalue weighted by Gasteiger charge is -2.24. The topological polar surface area (TPSA) is 78.1 Å². The Hall–Kier alpha value is -2.77. The van der Waals surface area contributed by atoms with Crippen LogP contribution in [-0.4, -0.2) is 34.6 Å². The molecule has 2 N–H and O–H groups in total. The number of fused-ring (bicyclic) bond motifs is 1. The van der Waals surface area contributed by atoms with Gasteiger partial charge in [-0.15, -0.1) is 0 Å². The van der Waals surface area contributed by atoms with Crippen molar-refractivity contribution in [2.45, 2.75) is 31.7 Å². The van der Waals surface area contributed by atoms with Crippen molar-refractivity contribution in [2.75, 3.05) is 11.4 Å². The average Bonchev–Trinajstić information content (AvgIpc) is 3.21. The van der Waals surface area contributed by atoms with Gasteiger partial charge in [0.05, 0.1) is 17.8 Å². The van der Waals surface area contributed by atoms with Gasteiger partial charge in [-0.1, -0.05) is 0 Å². The van der Waals surface area contributed by atoms with Gasteiger partial charge in [-0.05, 0) is 37.0 Å². The Bertz CT molecular complexity index is 867. The molecule has 2 aromatic rings. The summed E-state index contributed by atoms with van der Waals surface area (Å²) in [7, 11) is 0. The molecule has 0 saturated carbocycles. The van der Waals surface area contributed by atoms with E-state index in [0.29, 0.717) is 6.42 Å². The third-order valence-electron chi connectivity index (χ3n) is 5.06. The molecule has 1 fully saturated rings. The highest BCUT2D eigenvalue weighted by atomic mass is 19.1. The summed E-state index contributed by atoms with van der Waals surface area (Å²) in [4.78, 5) is 26.0. The van der Waals surface area contributed by atoms with E-state index in [2.05, 4.69) is 15.5 Å². The van der Waals surface area contributed by atoms with Gasteiger partial charge in [0.2, 0.25) is 11.8 Å². The van der Waals surface area contributed by atoms with Gasteiger partial charge in [-0.3, -0.25) is 14.7 Å². The zero-order valence-corrected chi connectivity index (χ0v) is 14.0. The molecule has 1 aliphatic carbocycles. The maximum atomic E-state index is 13.9. The molecule has 1 aliphatic heterocycles. The fourth-order valence-corrected chi connectivity index (χ4v) is 3.67. The second kappa shape index (κ2) is 6.51. The van der Waals surface area contributed by atoms with Crippen LogP contribution in [0.1, 0.15) is 24.1 Å². The van der Waals surface area contributed by atoms with E-state index in [4.69, 9.17) is 0 Å². The number of aryl methyl sites for hydroxylation is 1. The number of nitrogens with one attached hydrogen (secondary N) is 2. The van der Waals surface area contributed by atoms with E-state index in [1.54, 1.807) is 6.20 Å². The summed E-state index contributed by atoms with van der Waals surface area (Å²) in [6.45, 7) is 0.0941. The molecule has 0 bridgehead atoms. The number of benzene rings is 1. The Kier molecular flexibility index (Phi) is 4.18. The SMILES string of the molecule is O=C(NC1CCc2[nH]ncc2C1)C1CC(=O)N(c2ccc(F)cc2F)C1. The maximum absolute atomic E-state index is 13.9. The smallest absolute Gasteiger partial charge is 0.227 e. The number of carbonyl (C=O) groups is 2. The predicted molar refractivity (Wildman–Crippen MR) is 89.4 cm³/mol. The molecule has 1 saturated heterocycles. The lowest BCUT2D eigenvalue weighted by atomic mass is 9.93. The van der Waals surface area contributed by atoms with Gasteiger partial charge in [0.25, 0.3) is 0 Å². The van der Waals surface area contributed by atoms with Crippen molar-refractivity contribution >= 4 is 17.5 Å². The maximum Gasteiger partial charge on any atom is 0.227 e. The van der Waals surface area contributed by atoms with Crippen molar-refractivity contribution in [3.63, 3.8) is 0 Å². The second-order valence-electron chi connectivity index (χ2n) is 6.82. The molecule has 8 heteroatoms. The summed E-state index contributed by atoms with van der Waals surface area (Å²) in [6.07, 6.45) is 4.11. The normalized spacial score (nSPS) is 22.4. The number of rotatable bonds is 3. The van der Waals surface area contributed by atoms with Crippen LogP contribution in [0.15, 0.2) is 24.4 Å². The summed E-state index contributed by atoms with van der Waals surface area (Å²) in [5, 5.41) is 9.96. The predicted octanol–water partition coefficient (Wildman–Crippen LogP) is 1.71. The highest BCUT2D eigenvalue weighted by Gasteiger charge is 2.37. The van der Waals surface area contributed by atoms with Crippen LogP contribution in [0, 0.1) is 17.6 Å². The summed E-state index contributed by atoms with van der Waals surface area (Å²) < 4.78 is 27.0. The van der Waals surface area contributed by atoms with E-state index in [0.717, 1.165) is 36.2 Å². The zero-order chi connectivity index (χ0) is 18.3. The van der Waals surface area contributed by atoms with Crippen molar-refractivity contribution in [3.8, 4) is 0 Å². The van der Waals surface area contributed by atoms with Gasteiger partial charge in [-0.2, -0.15) is 5.10 Å². The van der Waals surface area contributed by atoms with Gasteiger partial charge in [0.1, 0.15) is 11.6 Å². The third-order valence-corrected chi connectivity index (χ3v) is 5.06. The fourth-order valence-electron chi connectivity index (χ4n) is 3.67. The Morgan fingerprint density at radius 3 is 2.96 bits per heavy atom. The lowest BCUT2D eigenvalue weighted by molar-refractivity contribution is -0.127. The summed E-state index contributed by atoms with van der Waals surface area (Å²) in [6, 6.07) is 3.06. The standard InChI is InChI=1S/C18H18F2N4O2/c19-12-1-4-16(14(20)7-12)24-9-11(6-17(24)25)18(26)22-13-2-3-15-10(5-13)8-21-23-15/h1,4,7-8,11,13H,2-3,5-6,9H2,(H,21,23)(H,22,26). The number of H-pyrrole nitrogens is 1. The summed E-state index contributed by atoms with van der Waals surface area (Å²) >= 11 is 0. The first-order chi connectivity index (χ1) is 12.5. The molecule has 2 amide bonds. The van der Waals surface area contributed by atoms with Crippen LogP contribution >= 0.6 is 0 Å². The largest absolute Gasteiger partial charge is 0.353 e. The number of hydrogen-bond acceptors (Lipinski definition) is 3. The molecular weight excluding hydrogens is 342 g/mol. The van der Waals surface area contributed by atoms with Gasteiger partial charge >= 0.3 is 0 Å². The molecule has 2 aliphatic rings. The minimum absolute atomic E-state index is 0.000640. The lowest BCUT2D eigenvalue weighted by Crippen LogP contribution is -2.42. The molecule has 0 spiro atoms. The fraction of sp³-hybridized carbons (Fsp3) is 0.389.